The van der Waals surface area contributed by atoms with Gasteiger partial charge < -0.3 is 0 Å². The minimum atomic E-state index is -3.80. The highest BCUT2D eigenvalue weighted by Crippen LogP contribution is 2.10. The molecule has 0 amide bonds. The Bertz CT molecular complexity index is 181. The molecule has 4 heteroatoms. The van der Waals surface area contributed by atoms with Gasteiger partial charge in [-0.25, -0.2) is 0 Å². The van der Waals surface area contributed by atoms with E-state index in [0.29, 0.717) is 12.3 Å². The van der Waals surface area contributed by atoms with E-state index in [0.717, 1.165) is 0 Å². The predicted octanol–water partition coefficient (Wildman–Crippen LogP) is 1.31. The van der Waals surface area contributed by atoms with Crippen molar-refractivity contribution in [1.29, 1.82) is 0 Å². The van der Waals surface area contributed by atoms with Crippen LogP contribution >= 0.6 is 0 Å². The molecule has 1 atom stereocenters. The summed E-state index contributed by atoms with van der Waals surface area (Å²) >= 11 is 0. The van der Waals surface area contributed by atoms with Crippen LogP contribution < -0.4 is 0 Å². The second-order valence-corrected chi connectivity index (χ2v) is 4.79. The molecule has 0 aromatic carbocycles. The second kappa shape index (κ2) is 3.34. The van der Waals surface area contributed by atoms with Crippen molar-refractivity contribution in [2.75, 3.05) is 0 Å². The average Bonchev–Trinajstić information content (AvgIpc) is 1.60. The van der Waals surface area contributed by atoms with Crippen LogP contribution in [0.25, 0.3) is 0 Å². The Hall–Kier alpha value is -0.0900. The Kier molecular flexibility index (Phi) is 3.31. The Balaban J connectivity index is 3.99. The summed E-state index contributed by atoms with van der Waals surface area (Å²) in [6, 6.07) is 0. The van der Waals surface area contributed by atoms with E-state index in [-0.39, 0.29) is 0 Å². The van der Waals surface area contributed by atoms with Gasteiger partial charge in [0.05, 0.1) is 5.25 Å². The van der Waals surface area contributed by atoms with Crippen molar-refractivity contribution in [3.63, 3.8) is 0 Å². The lowest BCUT2D eigenvalue weighted by atomic mass is 10.1. The molecule has 0 aromatic rings. The molecule has 0 heterocycles. The van der Waals surface area contributed by atoms with Crippen molar-refractivity contribution < 1.29 is 13.0 Å². The standard InChI is InChI=1S/C6H14O3S/c1-5(2)4-6(3)10(7,8)9/h5-6H,4H2,1-3H3,(H,7,8,9)/t6-/m0/s1. The first-order valence-electron chi connectivity index (χ1n) is 3.30. The molecule has 0 radical (unpaired) electrons. The van der Waals surface area contributed by atoms with E-state index in [1.165, 1.54) is 6.92 Å². The van der Waals surface area contributed by atoms with Crippen LogP contribution in [0.15, 0.2) is 0 Å². The molecule has 0 saturated heterocycles. The van der Waals surface area contributed by atoms with Gasteiger partial charge in [0.15, 0.2) is 0 Å². The van der Waals surface area contributed by atoms with Gasteiger partial charge >= 0.3 is 0 Å². The van der Waals surface area contributed by atoms with Gasteiger partial charge in [0, 0.05) is 0 Å². The Morgan fingerprint density at radius 2 is 1.70 bits per heavy atom. The van der Waals surface area contributed by atoms with E-state index in [4.69, 9.17) is 4.55 Å². The lowest BCUT2D eigenvalue weighted by Gasteiger charge is -2.09. The first-order valence-corrected chi connectivity index (χ1v) is 4.80. The molecule has 0 aliphatic heterocycles. The maximum absolute atomic E-state index is 10.4. The largest absolute Gasteiger partial charge is 0.285 e. The highest BCUT2D eigenvalue weighted by molar-refractivity contribution is 7.86. The highest BCUT2D eigenvalue weighted by Gasteiger charge is 2.17. The fraction of sp³-hybridized carbons (Fsp3) is 1.00. The van der Waals surface area contributed by atoms with Crippen LogP contribution in [0.2, 0.25) is 0 Å². The zero-order valence-corrected chi connectivity index (χ0v) is 7.35. The second-order valence-electron chi connectivity index (χ2n) is 2.96. The molecule has 0 unspecified atom stereocenters. The molecule has 0 aromatic heterocycles. The van der Waals surface area contributed by atoms with Gasteiger partial charge in [0.1, 0.15) is 0 Å². The van der Waals surface area contributed by atoms with Crippen molar-refractivity contribution in [2.24, 2.45) is 5.92 Å². The highest BCUT2D eigenvalue weighted by atomic mass is 32.2. The summed E-state index contributed by atoms with van der Waals surface area (Å²) in [5.41, 5.74) is 0. The van der Waals surface area contributed by atoms with Crippen molar-refractivity contribution in [3.8, 4) is 0 Å². The molecule has 0 spiro atoms. The van der Waals surface area contributed by atoms with Crippen LogP contribution in [-0.4, -0.2) is 18.2 Å². The van der Waals surface area contributed by atoms with Crippen molar-refractivity contribution in [2.45, 2.75) is 32.4 Å². The lowest BCUT2D eigenvalue weighted by Crippen LogP contribution is -2.18. The Morgan fingerprint density at radius 3 is 1.80 bits per heavy atom. The van der Waals surface area contributed by atoms with Crippen LogP contribution in [0, 0.1) is 5.92 Å². The molecule has 0 aliphatic rings. The zero-order valence-electron chi connectivity index (χ0n) is 6.53. The Labute approximate surface area is 62.2 Å². The van der Waals surface area contributed by atoms with Gasteiger partial charge in [0.2, 0.25) is 0 Å². The van der Waals surface area contributed by atoms with Crippen LogP contribution in [-0.2, 0) is 10.1 Å². The van der Waals surface area contributed by atoms with Crippen molar-refractivity contribution in [1.82, 2.24) is 0 Å². The monoisotopic (exact) mass is 166 g/mol. The average molecular weight is 166 g/mol. The van der Waals surface area contributed by atoms with Gasteiger partial charge in [-0.2, -0.15) is 8.42 Å². The SMILES string of the molecule is CC(C)C[C@H](C)S(=O)(=O)O. The maximum atomic E-state index is 10.4. The molecule has 0 fully saturated rings. The third kappa shape index (κ3) is 3.85. The summed E-state index contributed by atoms with van der Waals surface area (Å²) in [6.45, 7) is 5.35. The zero-order chi connectivity index (χ0) is 8.36. The van der Waals surface area contributed by atoms with Crippen LogP contribution in [0.4, 0.5) is 0 Å². The van der Waals surface area contributed by atoms with Crippen LogP contribution in [0.3, 0.4) is 0 Å². The summed E-state index contributed by atoms with van der Waals surface area (Å²) in [6.07, 6.45) is 0.513. The van der Waals surface area contributed by atoms with Crippen LogP contribution in [0.1, 0.15) is 27.2 Å². The van der Waals surface area contributed by atoms with E-state index in [9.17, 15) is 8.42 Å². The third-order valence-electron chi connectivity index (χ3n) is 1.31. The predicted molar refractivity (Wildman–Crippen MR) is 40.5 cm³/mol. The number of rotatable bonds is 3. The van der Waals surface area contributed by atoms with Gasteiger partial charge in [-0.05, 0) is 19.3 Å². The van der Waals surface area contributed by atoms with Gasteiger partial charge in [-0.3, -0.25) is 4.55 Å². The molecule has 0 saturated carbocycles. The molecule has 0 aliphatic carbocycles. The fourth-order valence-corrected chi connectivity index (χ4v) is 1.41. The molecule has 10 heavy (non-hydrogen) atoms. The number of hydrogen-bond donors (Lipinski definition) is 1. The Morgan fingerprint density at radius 1 is 1.30 bits per heavy atom. The molecule has 62 valence electrons. The van der Waals surface area contributed by atoms with Crippen molar-refractivity contribution >= 4 is 10.1 Å². The minimum Gasteiger partial charge on any atom is -0.285 e. The van der Waals surface area contributed by atoms with E-state index in [1.54, 1.807) is 0 Å². The summed E-state index contributed by atoms with van der Waals surface area (Å²) < 4.78 is 29.4. The normalized spacial score (nSPS) is 15.7. The molecule has 1 N–H and O–H groups in total. The minimum absolute atomic E-state index is 0.303. The van der Waals surface area contributed by atoms with Gasteiger partial charge in [0.25, 0.3) is 10.1 Å². The van der Waals surface area contributed by atoms with Gasteiger partial charge in [-0.1, -0.05) is 13.8 Å². The van der Waals surface area contributed by atoms with Gasteiger partial charge in [-0.15, -0.1) is 0 Å². The van der Waals surface area contributed by atoms with E-state index >= 15 is 0 Å². The molecule has 0 rings (SSSR count). The first-order chi connectivity index (χ1) is 4.34. The number of hydrogen-bond acceptors (Lipinski definition) is 2. The fourth-order valence-electron chi connectivity index (χ4n) is 0.785. The maximum Gasteiger partial charge on any atom is 0.267 e. The van der Waals surface area contributed by atoms with E-state index < -0.39 is 15.4 Å². The summed E-state index contributed by atoms with van der Waals surface area (Å²) in [4.78, 5) is 0. The third-order valence-corrected chi connectivity index (χ3v) is 2.52. The van der Waals surface area contributed by atoms with E-state index in [2.05, 4.69) is 0 Å². The quantitative estimate of drug-likeness (QED) is 0.643. The lowest BCUT2D eigenvalue weighted by molar-refractivity contribution is 0.452. The van der Waals surface area contributed by atoms with E-state index in [1.807, 2.05) is 13.8 Å². The summed E-state index contributed by atoms with van der Waals surface area (Å²) in [7, 11) is -3.80. The topological polar surface area (TPSA) is 54.4 Å². The summed E-state index contributed by atoms with van der Waals surface area (Å²) in [5.74, 6) is 0.303. The molecular weight excluding hydrogens is 152 g/mol. The summed E-state index contributed by atoms with van der Waals surface area (Å²) in [5, 5.41) is -0.632. The van der Waals surface area contributed by atoms with Crippen LogP contribution in [0.5, 0.6) is 0 Å². The smallest absolute Gasteiger partial charge is 0.267 e. The molecule has 0 bridgehead atoms. The first kappa shape index (κ1) is 9.91. The molecule has 3 nitrogen and oxygen atoms in total. The molecular formula is C6H14O3S. The van der Waals surface area contributed by atoms with Crippen molar-refractivity contribution in [3.05, 3.63) is 0 Å².